The van der Waals surface area contributed by atoms with E-state index in [1.165, 1.54) is 0 Å². The fourth-order valence-electron chi connectivity index (χ4n) is 1.64. The van der Waals surface area contributed by atoms with Gasteiger partial charge in [0, 0.05) is 0 Å². The minimum atomic E-state index is -0.498. The fraction of sp³-hybridized carbons (Fsp3) is 0.500. The van der Waals surface area contributed by atoms with Crippen LogP contribution in [0.1, 0.15) is 43.1 Å². The molecule has 0 N–H and O–H groups in total. The fourth-order valence-corrected chi connectivity index (χ4v) is 1.64. The van der Waals surface area contributed by atoms with Crippen LogP contribution in [0.25, 0.3) is 0 Å². The summed E-state index contributed by atoms with van der Waals surface area (Å²) in [5, 5.41) is 0. The summed E-state index contributed by atoms with van der Waals surface area (Å²) in [5.41, 5.74) is 1.38. The molecular weight excluding hydrogens is 256 g/mol. The van der Waals surface area contributed by atoms with Crippen LogP contribution in [0.3, 0.4) is 0 Å². The summed E-state index contributed by atoms with van der Waals surface area (Å²) in [5.74, 6) is -0.459. The van der Waals surface area contributed by atoms with Crippen molar-refractivity contribution < 1.29 is 19.1 Å². The highest BCUT2D eigenvalue weighted by Crippen LogP contribution is 2.11. The molecule has 0 heterocycles. The van der Waals surface area contributed by atoms with Crippen molar-refractivity contribution in [3.8, 4) is 0 Å². The van der Waals surface area contributed by atoms with Crippen LogP contribution in [0.15, 0.2) is 24.3 Å². The molecule has 0 saturated heterocycles. The molecule has 0 bridgehead atoms. The molecule has 1 rings (SSSR count). The lowest BCUT2D eigenvalue weighted by atomic mass is 10.1. The molecule has 1 unspecified atom stereocenters. The molecule has 1 aromatic carbocycles. The van der Waals surface area contributed by atoms with E-state index in [1.807, 2.05) is 32.9 Å². The Balaban J connectivity index is 2.46. The van der Waals surface area contributed by atoms with Crippen LogP contribution >= 0.6 is 0 Å². The average Bonchev–Trinajstić information content (AvgIpc) is 2.36. The number of carbonyl (C=O) groups excluding carboxylic acids is 2. The molecule has 4 nitrogen and oxygen atoms in total. The van der Waals surface area contributed by atoms with Gasteiger partial charge < -0.3 is 9.47 Å². The van der Waals surface area contributed by atoms with Gasteiger partial charge in [-0.1, -0.05) is 32.0 Å². The van der Waals surface area contributed by atoms with Crippen molar-refractivity contribution in [3.05, 3.63) is 35.4 Å². The zero-order valence-electron chi connectivity index (χ0n) is 12.5. The van der Waals surface area contributed by atoms with Crippen LogP contribution in [0, 0.1) is 12.8 Å². The van der Waals surface area contributed by atoms with Gasteiger partial charge in [-0.15, -0.1) is 0 Å². The lowest BCUT2D eigenvalue weighted by Crippen LogP contribution is -2.21. The number of hydrogen-bond acceptors (Lipinski definition) is 4. The molecule has 0 saturated carbocycles. The van der Waals surface area contributed by atoms with Crippen LogP contribution in [-0.4, -0.2) is 24.6 Å². The maximum atomic E-state index is 11.9. The summed E-state index contributed by atoms with van der Waals surface area (Å²) in [6.07, 6.45) is -0.425. The second kappa shape index (κ2) is 7.68. The van der Waals surface area contributed by atoms with Crippen LogP contribution in [-0.2, 0) is 14.3 Å². The lowest BCUT2D eigenvalue weighted by molar-refractivity contribution is -0.146. The number of carbonyl (C=O) groups is 2. The first kappa shape index (κ1) is 16.2. The van der Waals surface area contributed by atoms with Gasteiger partial charge in [0.1, 0.15) is 6.10 Å². The van der Waals surface area contributed by atoms with Crippen molar-refractivity contribution in [3.63, 3.8) is 0 Å². The van der Waals surface area contributed by atoms with Gasteiger partial charge in [-0.2, -0.15) is 0 Å². The third-order valence-corrected chi connectivity index (χ3v) is 2.70. The monoisotopic (exact) mass is 278 g/mol. The first-order valence-electron chi connectivity index (χ1n) is 6.82. The highest BCUT2D eigenvalue weighted by molar-refractivity contribution is 5.91. The lowest BCUT2D eigenvalue weighted by Gasteiger charge is -2.14. The molecule has 0 amide bonds. The Morgan fingerprint density at radius 1 is 1.15 bits per heavy atom. The first-order valence-corrected chi connectivity index (χ1v) is 6.82. The van der Waals surface area contributed by atoms with Crippen molar-refractivity contribution >= 4 is 11.9 Å². The number of aryl methyl sites for hydroxylation is 1. The largest absolute Gasteiger partial charge is 0.465 e. The van der Waals surface area contributed by atoms with Crippen LogP contribution in [0.2, 0.25) is 0 Å². The van der Waals surface area contributed by atoms with E-state index in [2.05, 4.69) is 0 Å². The number of rotatable bonds is 6. The molecule has 110 valence electrons. The predicted molar refractivity (Wildman–Crippen MR) is 76.5 cm³/mol. The molecule has 20 heavy (non-hydrogen) atoms. The van der Waals surface area contributed by atoms with E-state index in [-0.39, 0.29) is 12.4 Å². The summed E-state index contributed by atoms with van der Waals surface area (Å²) >= 11 is 0. The van der Waals surface area contributed by atoms with E-state index in [1.54, 1.807) is 19.1 Å². The molecule has 4 heteroatoms. The first-order chi connectivity index (χ1) is 9.40. The molecule has 0 radical (unpaired) electrons. The molecule has 0 aromatic heterocycles. The van der Waals surface area contributed by atoms with E-state index in [0.717, 1.165) is 5.56 Å². The van der Waals surface area contributed by atoms with Gasteiger partial charge >= 0.3 is 11.9 Å². The van der Waals surface area contributed by atoms with E-state index in [9.17, 15) is 9.59 Å². The Kier molecular flexibility index (Phi) is 6.22. The standard InChI is InChI=1S/C16H22O4/c1-11(2)10-19-15(17)9-13(4)20-16(18)14-8-6-5-7-12(14)3/h5-8,11,13H,9-10H2,1-4H3. The third-order valence-electron chi connectivity index (χ3n) is 2.70. The highest BCUT2D eigenvalue weighted by atomic mass is 16.6. The summed E-state index contributed by atoms with van der Waals surface area (Å²) in [6.45, 7) is 7.85. The SMILES string of the molecule is Cc1ccccc1C(=O)OC(C)CC(=O)OCC(C)C. The quantitative estimate of drug-likeness (QED) is 0.750. The van der Waals surface area contributed by atoms with E-state index in [4.69, 9.17) is 9.47 Å². The minimum absolute atomic E-state index is 0.0738. The molecule has 0 aliphatic heterocycles. The zero-order valence-corrected chi connectivity index (χ0v) is 12.5. The van der Waals surface area contributed by atoms with Crippen molar-refractivity contribution in [2.75, 3.05) is 6.61 Å². The topological polar surface area (TPSA) is 52.6 Å². The van der Waals surface area contributed by atoms with E-state index < -0.39 is 12.1 Å². The Morgan fingerprint density at radius 2 is 1.80 bits per heavy atom. The average molecular weight is 278 g/mol. The Bertz CT molecular complexity index is 465. The number of esters is 2. The molecule has 1 aromatic rings. The number of ether oxygens (including phenoxy) is 2. The maximum Gasteiger partial charge on any atom is 0.338 e. The van der Waals surface area contributed by atoms with Gasteiger partial charge in [0.2, 0.25) is 0 Å². The Labute approximate surface area is 120 Å². The summed E-state index contributed by atoms with van der Waals surface area (Å²) in [6, 6.07) is 7.20. The van der Waals surface area contributed by atoms with Crippen molar-refractivity contribution in [2.24, 2.45) is 5.92 Å². The molecule has 1 atom stereocenters. The second-order valence-electron chi connectivity index (χ2n) is 5.31. The Morgan fingerprint density at radius 3 is 2.40 bits per heavy atom. The molecule has 0 spiro atoms. The van der Waals surface area contributed by atoms with Crippen molar-refractivity contribution in [2.45, 2.75) is 40.2 Å². The molecule has 0 aliphatic carbocycles. The summed E-state index contributed by atoms with van der Waals surface area (Å²) < 4.78 is 10.3. The maximum absolute atomic E-state index is 11.9. The normalized spacial score (nSPS) is 12.1. The smallest absolute Gasteiger partial charge is 0.338 e. The zero-order chi connectivity index (χ0) is 15.1. The van der Waals surface area contributed by atoms with Gasteiger partial charge in [-0.25, -0.2) is 4.79 Å². The van der Waals surface area contributed by atoms with Gasteiger partial charge in [-0.3, -0.25) is 4.79 Å². The van der Waals surface area contributed by atoms with Gasteiger partial charge in [0.25, 0.3) is 0 Å². The summed E-state index contributed by atoms with van der Waals surface area (Å²) in [7, 11) is 0. The minimum Gasteiger partial charge on any atom is -0.465 e. The number of hydrogen-bond donors (Lipinski definition) is 0. The van der Waals surface area contributed by atoms with Crippen LogP contribution < -0.4 is 0 Å². The van der Waals surface area contributed by atoms with E-state index in [0.29, 0.717) is 18.1 Å². The molecule has 0 fully saturated rings. The predicted octanol–water partition coefficient (Wildman–Crippen LogP) is 3.13. The van der Waals surface area contributed by atoms with E-state index >= 15 is 0 Å². The highest BCUT2D eigenvalue weighted by Gasteiger charge is 2.17. The summed E-state index contributed by atoms with van der Waals surface area (Å²) in [4.78, 5) is 23.5. The van der Waals surface area contributed by atoms with Gasteiger partial charge in [0.05, 0.1) is 18.6 Å². The van der Waals surface area contributed by atoms with Crippen LogP contribution in [0.5, 0.6) is 0 Å². The second-order valence-corrected chi connectivity index (χ2v) is 5.31. The Hall–Kier alpha value is -1.84. The van der Waals surface area contributed by atoms with Crippen molar-refractivity contribution in [1.82, 2.24) is 0 Å². The number of benzene rings is 1. The van der Waals surface area contributed by atoms with Gasteiger partial charge in [0.15, 0.2) is 0 Å². The third kappa shape index (κ3) is 5.43. The molecular formula is C16H22O4. The van der Waals surface area contributed by atoms with Gasteiger partial charge in [-0.05, 0) is 31.4 Å². The molecule has 0 aliphatic rings. The van der Waals surface area contributed by atoms with Crippen molar-refractivity contribution in [1.29, 1.82) is 0 Å². The van der Waals surface area contributed by atoms with Crippen LogP contribution in [0.4, 0.5) is 0 Å².